The lowest BCUT2D eigenvalue weighted by atomic mass is 10.1. The van der Waals surface area contributed by atoms with Crippen molar-refractivity contribution in [3.05, 3.63) is 59.4 Å². The molecule has 0 bridgehead atoms. The maximum atomic E-state index is 14.1. The molecule has 0 spiro atoms. The first-order valence-corrected chi connectivity index (χ1v) is 9.58. The molecule has 0 aromatic heterocycles. The van der Waals surface area contributed by atoms with Crippen molar-refractivity contribution in [2.45, 2.75) is 26.8 Å². The number of anilines is 2. The first kappa shape index (κ1) is 18.9. The molecule has 25 heavy (non-hydrogen) atoms. The topological polar surface area (TPSA) is 66.5 Å². The Bertz CT molecular complexity index is 897. The minimum Gasteiger partial charge on any atom is -0.324 e. The molecular weight excluding hydrogens is 343 g/mol. The van der Waals surface area contributed by atoms with E-state index in [1.807, 2.05) is 19.9 Å². The first-order chi connectivity index (χ1) is 11.6. The van der Waals surface area contributed by atoms with Crippen molar-refractivity contribution in [2.75, 3.05) is 15.9 Å². The summed E-state index contributed by atoms with van der Waals surface area (Å²) in [4.78, 5) is 12.6. The molecule has 2 rings (SSSR count). The highest BCUT2D eigenvalue weighted by molar-refractivity contribution is 7.92. The molecule has 0 aliphatic carbocycles. The van der Waals surface area contributed by atoms with Crippen LogP contribution in [0.15, 0.2) is 42.5 Å². The van der Waals surface area contributed by atoms with Gasteiger partial charge in [0.05, 0.1) is 11.9 Å². The summed E-state index contributed by atoms with van der Waals surface area (Å²) < 4.78 is 39.3. The van der Waals surface area contributed by atoms with Crippen LogP contribution >= 0.6 is 0 Å². The van der Waals surface area contributed by atoms with E-state index in [1.165, 1.54) is 25.1 Å². The highest BCUT2D eigenvalue weighted by atomic mass is 32.2. The fourth-order valence-corrected chi connectivity index (χ4v) is 3.71. The smallest absolute Gasteiger partial charge is 0.248 e. The van der Waals surface area contributed by atoms with Crippen LogP contribution in [0.1, 0.15) is 18.1 Å². The third-order valence-electron chi connectivity index (χ3n) is 4.04. The van der Waals surface area contributed by atoms with Crippen LogP contribution in [-0.2, 0) is 14.8 Å². The maximum Gasteiger partial charge on any atom is 0.248 e. The molecule has 2 aromatic rings. The SMILES string of the molecule is Cc1cccc(NC(=O)[C@H](C)N(c2ccccc2F)S(C)(=O)=O)c1C. The van der Waals surface area contributed by atoms with Gasteiger partial charge in [-0.05, 0) is 50.1 Å². The zero-order chi connectivity index (χ0) is 18.8. The number of halogens is 1. The van der Waals surface area contributed by atoms with Gasteiger partial charge in [-0.2, -0.15) is 0 Å². The van der Waals surface area contributed by atoms with Gasteiger partial charge in [0, 0.05) is 5.69 Å². The van der Waals surface area contributed by atoms with Crippen molar-refractivity contribution in [3.8, 4) is 0 Å². The average molecular weight is 364 g/mol. The molecular formula is C18H21FN2O3S. The fraction of sp³-hybridized carbons (Fsp3) is 0.278. The van der Waals surface area contributed by atoms with E-state index in [4.69, 9.17) is 0 Å². The van der Waals surface area contributed by atoms with E-state index in [-0.39, 0.29) is 5.69 Å². The quantitative estimate of drug-likeness (QED) is 0.886. The van der Waals surface area contributed by atoms with Crippen molar-refractivity contribution in [1.82, 2.24) is 0 Å². The second kappa shape index (κ2) is 7.23. The van der Waals surface area contributed by atoms with E-state index in [9.17, 15) is 17.6 Å². The zero-order valence-corrected chi connectivity index (χ0v) is 15.4. The van der Waals surface area contributed by atoms with Gasteiger partial charge in [-0.1, -0.05) is 24.3 Å². The van der Waals surface area contributed by atoms with Crippen LogP contribution in [0.3, 0.4) is 0 Å². The van der Waals surface area contributed by atoms with Crippen LogP contribution in [0.5, 0.6) is 0 Å². The molecule has 5 nitrogen and oxygen atoms in total. The predicted octanol–water partition coefficient (Wildman–Crippen LogP) is 3.24. The molecule has 0 heterocycles. The minimum atomic E-state index is -3.86. The number of carbonyl (C=O) groups is 1. The summed E-state index contributed by atoms with van der Waals surface area (Å²) in [6, 6.07) is 9.80. The van der Waals surface area contributed by atoms with Crippen LogP contribution in [0, 0.1) is 19.7 Å². The second-order valence-corrected chi connectivity index (χ2v) is 7.78. The molecule has 0 aliphatic heterocycles. The van der Waals surface area contributed by atoms with Gasteiger partial charge < -0.3 is 5.32 Å². The number of sulfonamides is 1. The summed E-state index contributed by atoms with van der Waals surface area (Å²) in [5.74, 6) is -1.25. The molecule has 0 saturated heterocycles. The lowest BCUT2D eigenvalue weighted by Gasteiger charge is -2.28. The van der Waals surface area contributed by atoms with Gasteiger partial charge in [-0.25, -0.2) is 12.8 Å². The summed E-state index contributed by atoms with van der Waals surface area (Å²) in [6.45, 7) is 5.20. The van der Waals surface area contributed by atoms with Gasteiger partial charge in [0.1, 0.15) is 11.9 Å². The predicted molar refractivity (Wildman–Crippen MR) is 97.7 cm³/mol. The largest absolute Gasteiger partial charge is 0.324 e. The Morgan fingerprint density at radius 1 is 1.12 bits per heavy atom. The van der Waals surface area contributed by atoms with E-state index in [1.54, 1.807) is 12.1 Å². The summed E-state index contributed by atoms with van der Waals surface area (Å²) >= 11 is 0. The number of carbonyl (C=O) groups excluding carboxylic acids is 1. The van der Waals surface area contributed by atoms with Crippen molar-refractivity contribution in [3.63, 3.8) is 0 Å². The molecule has 0 fully saturated rings. The Hall–Kier alpha value is -2.41. The van der Waals surface area contributed by atoms with Gasteiger partial charge in [-0.15, -0.1) is 0 Å². The molecule has 1 N–H and O–H groups in total. The number of benzene rings is 2. The van der Waals surface area contributed by atoms with E-state index in [2.05, 4.69) is 5.32 Å². The Balaban J connectivity index is 2.37. The van der Waals surface area contributed by atoms with Crippen molar-refractivity contribution in [1.29, 1.82) is 0 Å². The first-order valence-electron chi connectivity index (χ1n) is 7.74. The number of rotatable bonds is 5. The number of para-hydroxylation sites is 1. The van der Waals surface area contributed by atoms with Crippen LogP contribution in [0.25, 0.3) is 0 Å². The zero-order valence-electron chi connectivity index (χ0n) is 14.6. The number of nitrogens with one attached hydrogen (secondary N) is 1. The molecule has 1 atom stereocenters. The normalized spacial score (nSPS) is 12.5. The summed E-state index contributed by atoms with van der Waals surface area (Å²) in [5, 5.41) is 2.73. The third kappa shape index (κ3) is 4.17. The van der Waals surface area contributed by atoms with Crippen LogP contribution in [0.4, 0.5) is 15.8 Å². The van der Waals surface area contributed by atoms with Crippen molar-refractivity contribution >= 4 is 27.3 Å². The molecule has 2 aromatic carbocycles. The number of nitrogens with zero attached hydrogens (tertiary/aromatic N) is 1. The van der Waals surface area contributed by atoms with Gasteiger partial charge in [-0.3, -0.25) is 9.10 Å². The Kier molecular flexibility index (Phi) is 5.47. The number of hydrogen-bond donors (Lipinski definition) is 1. The van der Waals surface area contributed by atoms with Crippen LogP contribution in [-0.4, -0.2) is 26.6 Å². The highest BCUT2D eigenvalue weighted by Crippen LogP contribution is 2.25. The molecule has 134 valence electrons. The summed E-state index contributed by atoms with van der Waals surface area (Å²) in [7, 11) is -3.86. The number of hydrogen-bond acceptors (Lipinski definition) is 3. The van der Waals surface area contributed by atoms with Gasteiger partial charge >= 0.3 is 0 Å². The summed E-state index contributed by atoms with van der Waals surface area (Å²) in [6.07, 6.45) is 0.946. The lowest BCUT2D eigenvalue weighted by Crippen LogP contribution is -2.45. The van der Waals surface area contributed by atoms with Crippen molar-refractivity contribution in [2.24, 2.45) is 0 Å². The van der Waals surface area contributed by atoms with E-state index >= 15 is 0 Å². The van der Waals surface area contributed by atoms with Gasteiger partial charge in [0.15, 0.2) is 0 Å². The maximum absolute atomic E-state index is 14.1. The van der Waals surface area contributed by atoms with Crippen LogP contribution < -0.4 is 9.62 Å². The van der Waals surface area contributed by atoms with E-state index in [0.717, 1.165) is 27.8 Å². The third-order valence-corrected chi connectivity index (χ3v) is 5.27. The molecule has 0 unspecified atom stereocenters. The molecule has 0 aliphatic rings. The summed E-state index contributed by atoms with van der Waals surface area (Å²) in [5.41, 5.74) is 2.33. The molecule has 0 radical (unpaired) electrons. The Morgan fingerprint density at radius 2 is 1.76 bits per heavy atom. The lowest BCUT2D eigenvalue weighted by molar-refractivity contribution is -0.116. The van der Waals surface area contributed by atoms with Gasteiger partial charge in [0.25, 0.3) is 0 Å². The van der Waals surface area contributed by atoms with Crippen LogP contribution in [0.2, 0.25) is 0 Å². The fourth-order valence-electron chi connectivity index (χ4n) is 2.54. The molecule has 0 saturated carbocycles. The Labute approximate surface area is 147 Å². The molecule has 1 amide bonds. The molecule has 7 heteroatoms. The second-order valence-electron chi connectivity index (χ2n) is 5.92. The van der Waals surface area contributed by atoms with Gasteiger partial charge in [0.2, 0.25) is 15.9 Å². The number of amides is 1. The highest BCUT2D eigenvalue weighted by Gasteiger charge is 2.31. The number of aryl methyl sites for hydroxylation is 1. The monoisotopic (exact) mass is 364 g/mol. The standard InChI is InChI=1S/C18H21FN2O3S/c1-12-8-7-10-16(13(12)2)20-18(22)14(3)21(25(4,23)24)17-11-6-5-9-15(17)19/h5-11,14H,1-4H3,(H,20,22)/t14-/m0/s1. The van der Waals surface area contributed by atoms with Crippen molar-refractivity contribution < 1.29 is 17.6 Å². The van der Waals surface area contributed by atoms with E-state index < -0.39 is 27.8 Å². The minimum absolute atomic E-state index is 0.159. The Morgan fingerprint density at radius 3 is 2.36 bits per heavy atom. The van der Waals surface area contributed by atoms with E-state index in [0.29, 0.717) is 5.69 Å². The average Bonchev–Trinajstić information content (AvgIpc) is 2.52.